The van der Waals surface area contributed by atoms with Crippen molar-refractivity contribution in [3.63, 3.8) is 0 Å². The molecule has 0 aliphatic carbocycles. The molecule has 0 spiro atoms. The van der Waals surface area contributed by atoms with Crippen molar-refractivity contribution in [2.75, 3.05) is 0 Å². The number of nitrogens with one attached hydrogen (secondary N) is 1. The Labute approximate surface area is 144 Å². The molecule has 0 radical (unpaired) electrons. The maximum absolute atomic E-state index is 12.5. The van der Waals surface area contributed by atoms with E-state index in [1.165, 1.54) is 6.07 Å². The van der Waals surface area contributed by atoms with Crippen molar-refractivity contribution in [1.82, 2.24) is 5.32 Å². The third-order valence-electron chi connectivity index (χ3n) is 3.42. The predicted octanol–water partition coefficient (Wildman–Crippen LogP) is 3.51. The molecule has 0 unspecified atom stereocenters. The summed E-state index contributed by atoms with van der Waals surface area (Å²) in [5.74, 6) is -0.279. The molecule has 0 saturated carbocycles. The van der Waals surface area contributed by atoms with E-state index >= 15 is 0 Å². The smallest absolute Gasteiger partial charge is 0.261 e. The summed E-state index contributed by atoms with van der Waals surface area (Å²) < 4.78 is 25.2. The molecule has 1 amide bonds. The highest BCUT2D eigenvalue weighted by Gasteiger charge is 2.21. The van der Waals surface area contributed by atoms with Crippen LogP contribution in [-0.2, 0) is 16.4 Å². The normalized spacial score (nSPS) is 11.2. The summed E-state index contributed by atoms with van der Waals surface area (Å²) in [5.41, 5.74) is 0.986. The topological polar surface area (TPSA) is 63.2 Å². The average Bonchev–Trinajstić information content (AvgIpc) is 3.12. The summed E-state index contributed by atoms with van der Waals surface area (Å²) in [6.07, 6.45) is 0. The summed E-state index contributed by atoms with van der Waals surface area (Å²) in [6, 6.07) is 20.8. The number of thiophene rings is 1. The van der Waals surface area contributed by atoms with Crippen molar-refractivity contribution in [2.24, 2.45) is 0 Å². The number of amides is 1. The number of carbonyl (C=O) groups excluding carboxylic acids is 1. The van der Waals surface area contributed by atoms with E-state index in [1.807, 2.05) is 30.3 Å². The largest absolute Gasteiger partial charge is 0.347 e. The van der Waals surface area contributed by atoms with Crippen molar-refractivity contribution in [2.45, 2.75) is 15.6 Å². The van der Waals surface area contributed by atoms with Crippen molar-refractivity contribution in [1.29, 1.82) is 0 Å². The molecular weight excluding hydrogens is 342 g/mol. The van der Waals surface area contributed by atoms with Gasteiger partial charge in [-0.05, 0) is 29.8 Å². The number of carbonyl (C=O) groups is 1. The van der Waals surface area contributed by atoms with Gasteiger partial charge in [0.2, 0.25) is 9.84 Å². The lowest BCUT2D eigenvalue weighted by molar-refractivity contribution is 0.0955. The van der Waals surface area contributed by atoms with Crippen molar-refractivity contribution < 1.29 is 13.2 Å². The summed E-state index contributed by atoms with van der Waals surface area (Å²) in [4.78, 5) is 12.8. The monoisotopic (exact) mass is 357 g/mol. The second kappa shape index (κ2) is 6.98. The van der Waals surface area contributed by atoms with Crippen LogP contribution in [0.4, 0.5) is 0 Å². The van der Waals surface area contributed by atoms with E-state index in [4.69, 9.17) is 0 Å². The molecule has 0 aliphatic rings. The predicted molar refractivity (Wildman–Crippen MR) is 93.8 cm³/mol. The molecule has 0 bridgehead atoms. The molecular formula is C18H15NO3S2. The molecule has 1 heterocycles. The van der Waals surface area contributed by atoms with Crippen LogP contribution in [0.15, 0.2) is 81.9 Å². The summed E-state index contributed by atoms with van der Waals surface area (Å²) in [6.45, 7) is 0.401. The quantitative estimate of drug-likeness (QED) is 0.760. The minimum Gasteiger partial charge on any atom is -0.347 e. The van der Waals surface area contributed by atoms with E-state index in [2.05, 4.69) is 5.32 Å². The molecule has 0 aliphatic heterocycles. The summed E-state index contributed by atoms with van der Waals surface area (Å²) >= 11 is 0.978. The second-order valence-electron chi connectivity index (χ2n) is 5.10. The molecule has 3 aromatic rings. The number of hydrogen-bond acceptors (Lipinski definition) is 4. The zero-order valence-electron chi connectivity index (χ0n) is 12.7. The average molecular weight is 357 g/mol. The highest BCUT2D eigenvalue weighted by atomic mass is 32.2. The number of hydrogen-bond donors (Lipinski definition) is 1. The van der Waals surface area contributed by atoms with Crippen LogP contribution >= 0.6 is 11.3 Å². The van der Waals surface area contributed by atoms with Gasteiger partial charge in [-0.25, -0.2) is 8.42 Å². The molecule has 122 valence electrons. The SMILES string of the molecule is O=C(NCc1ccccc1)c1ccc(S(=O)(=O)c2ccccc2)s1. The van der Waals surface area contributed by atoms with Crippen LogP contribution in [0.5, 0.6) is 0 Å². The third-order valence-corrected chi connectivity index (χ3v) is 6.76. The van der Waals surface area contributed by atoms with Crippen LogP contribution in [0.25, 0.3) is 0 Å². The molecule has 1 N–H and O–H groups in total. The van der Waals surface area contributed by atoms with E-state index in [1.54, 1.807) is 36.4 Å². The van der Waals surface area contributed by atoms with Crippen LogP contribution in [-0.4, -0.2) is 14.3 Å². The fourth-order valence-electron chi connectivity index (χ4n) is 2.17. The van der Waals surface area contributed by atoms with Gasteiger partial charge in [0.15, 0.2) is 0 Å². The highest BCUT2D eigenvalue weighted by Crippen LogP contribution is 2.27. The van der Waals surface area contributed by atoms with Crippen molar-refractivity contribution >= 4 is 27.1 Å². The Morgan fingerprint density at radius 1 is 0.875 bits per heavy atom. The van der Waals surface area contributed by atoms with Crippen LogP contribution in [0, 0.1) is 0 Å². The van der Waals surface area contributed by atoms with Gasteiger partial charge in [-0.15, -0.1) is 11.3 Å². The molecule has 0 atom stereocenters. The first kappa shape index (κ1) is 16.4. The van der Waals surface area contributed by atoms with Gasteiger partial charge in [0.05, 0.1) is 9.77 Å². The Morgan fingerprint density at radius 2 is 1.50 bits per heavy atom. The molecule has 3 rings (SSSR count). The van der Waals surface area contributed by atoms with E-state index in [-0.39, 0.29) is 15.0 Å². The van der Waals surface area contributed by atoms with Gasteiger partial charge < -0.3 is 5.32 Å². The van der Waals surface area contributed by atoms with Gasteiger partial charge in [-0.3, -0.25) is 4.79 Å². The highest BCUT2D eigenvalue weighted by molar-refractivity contribution is 7.93. The second-order valence-corrected chi connectivity index (χ2v) is 8.36. The zero-order valence-corrected chi connectivity index (χ0v) is 14.3. The van der Waals surface area contributed by atoms with E-state index in [0.717, 1.165) is 16.9 Å². The molecule has 0 fully saturated rings. The van der Waals surface area contributed by atoms with Crippen LogP contribution in [0.2, 0.25) is 0 Å². The van der Waals surface area contributed by atoms with Crippen LogP contribution in [0.1, 0.15) is 15.2 Å². The summed E-state index contributed by atoms with van der Waals surface area (Å²) in [7, 11) is -3.58. The first-order valence-electron chi connectivity index (χ1n) is 7.29. The Hall–Kier alpha value is -2.44. The lowest BCUT2D eigenvalue weighted by Gasteiger charge is -2.03. The van der Waals surface area contributed by atoms with Gasteiger partial charge in [0.1, 0.15) is 4.21 Å². The maximum Gasteiger partial charge on any atom is 0.261 e. The van der Waals surface area contributed by atoms with E-state index in [9.17, 15) is 13.2 Å². The van der Waals surface area contributed by atoms with Crippen molar-refractivity contribution in [3.8, 4) is 0 Å². The fraction of sp³-hybridized carbons (Fsp3) is 0.0556. The lowest BCUT2D eigenvalue weighted by atomic mass is 10.2. The Balaban J connectivity index is 1.74. The number of sulfone groups is 1. The first-order valence-corrected chi connectivity index (χ1v) is 9.59. The molecule has 0 saturated heterocycles. The Bertz CT molecular complexity index is 933. The maximum atomic E-state index is 12.5. The summed E-state index contributed by atoms with van der Waals surface area (Å²) in [5, 5.41) is 2.80. The molecule has 6 heteroatoms. The van der Waals surface area contributed by atoms with E-state index < -0.39 is 9.84 Å². The zero-order chi connectivity index (χ0) is 17.0. The van der Waals surface area contributed by atoms with Gasteiger partial charge in [0, 0.05) is 6.54 Å². The van der Waals surface area contributed by atoms with Crippen molar-refractivity contribution in [3.05, 3.63) is 83.2 Å². The van der Waals surface area contributed by atoms with Gasteiger partial charge in [-0.1, -0.05) is 48.5 Å². The van der Waals surface area contributed by atoms with E-state index in [0.29, 0.717) is 11.4 Å². The van der Waals surface area contributed by atoms with Gasteiger partial charge in [0.25, 0.3) is 5.91 Å². The molecule has 24 heavy (non-hydrogen) atoms. The first-order chi connectivity index (χ1) is 11.6. The fourth-order valence-corrected chi connectivity index (χ4v) is 4.81. The Morgan fingerprint density at radius 3 is 2.17 bits per heavy atom. The third kappa shape index (κ3) is 3.55. The standard InChI is InChI=1S/C18H15NO3S2/c20-18(19-13-14-7-3-1-4-8-14)16-11-12-17(23-16)24(21,22)15-9-5-2-6-10-15/h1-12H,13H2,(H,19,20). The molecule has 1 aromatic heterocycles. The van der Waals surface area contributed by atoms with Crippen LogP contribution < -0.4 is 5.32 Å². The number of rotatable bonds is 5. The Kier molecular flexibility index (Phi) is 4.78. The van der Waals surface area contributed by atoms with Crippen LogP contribution in [0.3, 0.4) is 0 Å². The van der Waals surface area contributed by atoms with Gasteiger partial charge >= 0.3 is 0 Å². The van der Waals surface area contributed by atoms with Gasteiger partial charge in [-0.2, -0.15) is 0 Å². The minimum atomic E-state index is -3.58. The number of benzene rings is 2. The lowest BCUT2D eigenvalue weighted by Crippen LogP contribution is -2.21. The molecule has 2 aromatic carbocycles. The molecule has 4 nitrogen and oxygen atoms in total. The minimum absolute atomic E-state index is 0.165.